The molecule has 1 aliphatic rings. The van der Waals surface area contributed by atoms with E-state index in [9.17, 15) is 0 Å². The smallest absolute Gasteiger partial charge is 0.261 e. The molecule has 2 aromatic rings. The van der Waals surface area contributed by atoms with Gasteiger partial charge in [-0.15, -0.1) is 0 Å². The normalized spacial score (nSPS) is 20.0. The lowest BCUT2D eigenvalue weighted by molar-refractivity contribution is 0.0107. The van der Waals surface area contributed by atoms with Gasteiger partial charge in [0, 0.05) is 13.2 Å². The topological polar surface area (TPSA) is 18.5 Å². The Bertz CT molecular complexity index is 706. The van der Waals surface area contributed by atoms with Gasteiger partial charge in [0.15, 0.2) is 0 Å². The number of unbranched alkanes of at least 4 members (excludes halogenated alkanes) is 2. The van der Waals surface area contributed by atoms with Crippen molar-refractivity contribution in [3.8, 4) is 0 Å². The minimum Gasteiger partial charge on any atom is -0.407 e. The molecule has 3 heteroatoms. The summed E-state index contributed by atoms with van der Waals surface area (Å²) in [7, 11) is -2.41. The average Bonchev–Trinajstić information content (AvgIpc) is 2.79. The molecule has 0 heterocycles. The van der Waals surface area contributed by atoms with Crippen molar-refractivity contribution >= 4 is 18.7 Å². The molecule has 0 spiro atoms. The first-order valence-electron chi connectivity index (χ1n) is 12.3. The van der Waals surface area contributed by atoms with E-state index in [1.165, 1.54) is 55.3 Å². The van der Waals surface area contributed by atoms with E-state index in [2.05, 4.69) is 88.4 Å². The Morgan fingerprint density at radius 2 is 1.35 bits per heavy atom. The van der Waals surface area contributed by atoms with Crippen LogP contribution in [0.5, 0.6) is 0 Å². The van der Waals surface area contributed by atoms with Crippen molar-refractivity contribution in [1.29, 1.82) is 0 Å². The maximum Gasteiger partial charge on any atom is 0.261 e. The molecular weight excluding hydrogens is 396 g/mol. The van der Waals surface area contributed by atoms with Gasteiger partial charge in [-0.3, -0.25) is 0 Å². The molecule has 3 rings (SSSR count). The Hall–Kier alpha value is -1.42. The molecule has 1 aliphatic carbocycles. The van der Waals surface area contributed by atoms with Crippen LogP contribution in [0.4, 0.5) is 0 Å². The predicted molar refractivity (Wildman–Crippen MR) is 135 cm³/mol. The van der Waals surface area contributed by atoms with Crippen LogP contribution < -0.4 is 10.4 Å². The number of ether oxygens (including phenoxy) is 1. The van der Waals surface area contributed by atoms with E-state index >= 15 is 0 Å². The van der Waals surface area contributed by atoms with Gasteiger partial charge in [-0.2, -0.15) is 0 Å². The highest BCUT2D eigenvalue weighted by Crippen LogP contribution is 2.38. The van der Waals surface area contributed by atoms with Crippen molar-refractivity contribution in [1.82, 2.24) is 0 Å². The number of hydrogen-bond acceptors (Lipinski definition) is 2. The Morgan fingerprint density at radius 1 is 0.806 bits per heavy atom. The van der Waals surface area contributed by atoms with E-state index in [1.807, 2.05) is 0 Å². The maximum atomic E-state index is 7.15. The molecule has 0 N–H and O–H groups in total. The van der Waals surface area contributed by atoms with Crippen molar-refractivity contribution in [2.75, 3.05) is 13.2 Å². The zero-order valence-corrected chi connectivity index (χ0v) is 21.1. The van der Waals surface area contributed by atoms with Crippen LogP contribution in [0.15, 0.2) is 60.7 Å². The lowest BCUT2D eigenvalue weighted by Gasteiger charge is -2.44. The van der Waals surface area contributed by atoms with E-state index in [4.69, 9.17) is 9.16 Å². The van der Waals surface area contributed by atoms with Gasteiger partial charge in [0.1, 0.15) is 0 Å². The van der Waals surface area contributed by atoms with Crippen LogP contribution in [-0.4, -0.2) is 27.6 Å². The molecule has 31 heavy (non-hydrogen) atoms. The molecule has 1 saturated carbocycles. The lowest BCUT2D eigenvalue weighted by Crippen LogP contribution is -2.67. The standard InChI is InChI=1S/C28H42O2Si/c1-5-6-13-22-29-25-20-18-24(19-21-25)23-30-31(28(2,3)4,26-14-9-7-10-15-26)27-16-11-8-12-17-27/h7-12,14-17,24-25H,5-6,13,18-23H2,1-4H3. The SMILES string of the molecule is CCCCCOC1CCC(CO[Si](c2ccccc2)(c2ccccc2)C(C)(C)C)CC1. The van der Waals surface area contributed by atoms with Crippen LogP contribution in [0, 0.1) is 5.92 Å². The van der Waals surface area contributed by atoms with Crippen molar-refractivity contribution < 1.29 is 9.16 Å². The van der Waals surface area contributed by atoms with Gasteiger partial charge in [0.05, 0.1) is 6.10 Å². The van der Waals surface area contributed by atoms with E-state index in [0.717, 1.165) is 13.2 Å². The van der Waals surface area contributed by atoms with Gasteiger partial charge in [0.2, 0.25) is 0 Å². The molecule has 2 nitrogen and oxygen atoms in total. The van der Waals surface area contributed by atoms with Crippen molar-refractivity contribution in [3.05, 3.63) is 60.7 Å². The van der Waals surface area contributed by atoms with Crippen molar-refractivity contribution in [3.63, 3.8) is 0 Å². The fourth-order valence-electron chi connectivity index (χ4n) is 5.07. The summed E-state index contributed by atoms with van der Waals surface area (Å²) in [5.41, 5.74) is 0. The molecule has 0 saturated heterocycles. The van der Waals surface area contributed by atoms with Crippen LogP contribution in [0.3, 0.4) is 0 Å². The third-order valence-electron chi connectivity index (χ3n) is 6.85. The summed E-state index contributed by atoms with van der Waals surface area (Å²) in [6.45, 7) is 11.1. The predicted octanol–water partition coefficient (Wildman–Crippen LogP) is 6.33. The van der Waals surface area contributed by atoms with E-state index in [-0.39, 0.29) is 5.04 Å². The van der Waals surface area contributed by atoms with Crippen LogP contribution >= 0.6 is 0 Å². The molecular formula is C28H42O2Si. The molecule has 2 aromatic carbocycles. The van der Waals surface area contributed by atoms with E-state index < -0.39 is 8.32 Å². The fourth-order valence-corrected chi connectivity index (χ4v) is 9.71. The number of hydrogen-bond donors (Lipinski definition) is 0. The third-order valence-corrected chi connectivity index (χ3v) is 11.9. The molecule has 0 bridgehead atoms. The third kappa shape index (κ3) is 6.09. The highest BCUT2D eigenvalue weighted by Gasteiger charge is 2.50. The van der Waals surface area contributed by atoms with Gasteiger partial charge >= 0.3 is 0 Å². The molecule has 0 atom stereocenters. The van der Waals surface area contributed by atoms with Crippen molar-refractivity contribution in [2.24, 2.45) is 5.92 Å². The van der Waals surface area contributed by atoms with Gasteiger partial charge in [0.25, 0.3) is 8.32 Å². The number of rotatable bonds is 10. The van der Waals surface area contributed by atoms with E-state index in [0.29, 0.717) is 12.0 Å². The Kier molecular flexibility index (Phi) is 8.94. The average molecular weight is 439 g/mol. The van der Waals surface area contributed by atoms with Crippen LogP contribution in [0.25, 0.3) is 0 Å². The summed E-state index contributed by atoms with van der Waals surface area (Å²) in [5.74, 6) is 0.636. The van der Waals surface area contributed by atoms with Crippen LogP contribution in [0.2, 0.25) is 5.04 Å². The van der Waals surface area contributed by atoms with Gasteiger partial charge in [-0.1, -0.05) is 101 Å². The first kappa shape index (κ1) is 24.2. The fraction of sp³-hybridized carbons (Fsp3) is 0.571. The summed E-state index contributed by atoms with van der Waals surface area (Å²) >= 11 is 0. The van der Waals surface area contributed by atoms with Crippen LogP contribution in [-0.2, 0) is 9.16 Å². The summed E-state index contributed by atoms with van der Waals surface area (Å²) < 4.78 is 13.3. The Morgan fingerprint density at radius 3 is 1.84 bits per heavy atom. The maximum absolute atomic E-state index is 7.15. The molecule has 0 amide bonds. The quantitative estimate of drug-likeness (QED) is 0.319. The summed E-state index contributed by atoms with van der Waals surface area (Å²) in [5, 5.41) is 2.80. The largest absolute Gasteiger partial charge is 0.407 e. The molecule has 0 aromatic heterocycles. The second-order valence-corrected chi connectivity index (χ2v) is 14.5. The van der Waals surface area contributed by atoms with Gasteiger partial charge < -0.3 is 9.16 Å². The van der Waals surface area contributed by atoms with E-state index in [1.54, 1.807) is 0 Å². The minimum absolute atomic E-state index is 0.0509. The Balaban J connectivity index is 1.71. The highest BCUT2D eigenvalue weighted by atomic mass is 28.4. The molecule has 0 radical (unpaired) electrons. The second kappa shape index (κ2) is 11.4. The van der Waals surface area contributed by atoms with Crippen molar-refractivity contribution in [2.45, 2.75) is 83.8 Å². The Labute approximate surface area is 191 Å². The first-order valence-corrected chi connectivity index (χ1v) is 14.2. The van der Waals surface area contributed by atoms with Crippen LogP contribution in [0.1, 0.15) is 72.6 Å². The molecule has 1 fully saturated rings. The minimum atomic E-state index is -2.41. The van der Waals surface area contributed by atoms with Gasteiger partial charge in [-0.05, 0) is 53.4 Å². The lowest BCUT2D eigenvalue weighted by atomic mass is 9.88. The summed E-state index contributed by atoms with van der Waals surface area (Å²) in [6.07, 6.45) is 9.00. The number of benzene rings is 2. The zero-order valence-electron chi connectivity index (χ0n) is 20.1. The second-order valence-electron chi connectivity index (χ2n) is 10.2. The molecule has 170 valence electrons. The summed E-state index contributed by atoms with van der Waals surface area (Å²) in [4.78, 5) is 0. The molecule has 0 aliphatic heterocycles. The summed E-state index contributed by atoms with van der Waals surface area (Å²) in [6, 6.07) is 22.0. The monoisotopic (exact) mass is 438 g/mol. The molecule has 0 unspecified atom stereocenters. The zero-order chi connectivity index (χ0) is 22.2. The first-order chi connectivity index (χ1) is 15.0. The highest BCUT2D eigenvalue weighted by molar-refractivity contribution is 6.99. The van der Waals surface area contributed by atoms with Gasteiger partial charge in [-0.25, -0.2) is 0 Å².